The molecule has 1 aliphatic heterocycles. The van der Waals surface area contributed by atoms with Gasteiger partial charge in [-0.05, 0) is 30.3 Å². The van der Waals surface area contributed by atoms with Crippen LogP contribution in [0.15, 0.2) is 55.2 Å². The Morgan fingerprint density at radius 3 is 2.93 bits per heavy atom. The molecule has 0 spiro atoms. The largest absolute Gasteiger partial charge is 0.367 e. The summed E-state index contributed by atoms with van der Waals surface area (Å²) in [6.07, 6.45) is 6.85. The van der Waals surface area contributed by atoms with Crippen molar-refractivity contribution in [3.63, 3.8) is 0 Å². The summed E-state index contributed by atoms with van der Waals surface area (Å²) in [5, 5.41) is 10.7. The zero-order valence-corrected chi connectivity index (χ0v) is 15.7. The number of H-pyrrole nitrogens is 1. The van der Waals surface area contributed by atoms with Gasteiger partial charge in [0.05, 0.1) is 40.6 Å². The maximum absolute atomic E-state index is 12.8. The Balaban J connectivity index is 1.37. The lowest BCUT2D eigenvalue weighted by Gasteiger charge is -2.30. The monoisotopic (exact) mass is 388 g/mol. The third kappa shape index (κ3) is 3.43. The van der Waals surface area contributed by atoms with Gasteiger partial charge in [0, 0.05) is 38.6 Å². The number of carbonyl (C=O) groups excluding carboxylic acids is 1. The summed E-state index contributed by atoms with van der Waals surface area (Å²) in [6.45, 7) is 3.61. The van der Waals surface area contributed by atoms with Crippen LogP contribution in [-0.2, 0) is 0 Å². The van der Waals surface area contributed by atoms with E-state index >= 15 is 0 Å². The molecule has 0 saturated carbocycles. The van der Waals surface area contributed by atoms with Gasteiger partial charge in [-0.25, -0.2) is 9.67 Å². The van der Waals surface area contributed by atoms with E-state index in [1.54, 1.807) is 35.7 Å². The highest BCUT2D eigenvalue weighted by Crippen LogP contribution is 2.25. The minimum absolute atomic E-state index is 0.268. The number of aromatic amines is 1. The molecule has 29 heavy (non-hydrogen) atoms. The Morgan fingerprint density at radius 2 is 2.03 bits per heavy atom. The van der Waals surface area contributed by atoms with Gasteiger partial charge < -0.3 is 20.5 Å². The summed E-state index contributed by atoms with van der Waals surface area (Å²) < 4.78 is 1.68. The molecule has 0 aliphatic carbocycles. The molecule has 4 aromatic rings. The normalized spacial score (nSPS) is 14.3. The topological polar surface area (TPSA) is 104 Å². The van der Waals surface area contributed by atoms with Gasteiger partial charge in [-0.1, -0.05) is 0 Å². The molecule has 5 rings (SSSR count). The first-order valence-corrected chi connectivity index (χ1v) is 9.48. The number of anilines is 2. The first-order valence-electron chi connectivity index (χ1n) is 9.48. The van der Waals surface area contributed by atoms with Gasteiger partial charge in [-0.3, -0.25) is 9.78 Å². The fraction of sp³-hybridized carbons (Fsp3) is 0.200. The molecule has 3 N–H and O–H groups in total. The minimum atomic E-state index is -0.268. The van der Waals surface area contributed by atoms with Crippen LogP contribution in [0.2, 0.25) is 0 Å². The number of imidazole rings is 1. The first-order chi connectivity index (χ1) is 14.3. The van der Waals surface area contributed by atoms with Crippen molar-refractivity contribution in [1.29, 1.82) is 0 Å². The number of aromatic nitrogens is 5. The predicted molar refractivity (Wildman–Crippen MR) is 110 cm³/mol. The van der Waals surface area contributed by atoms with Gasteiger partial charge in [0.25, 0.3) is 5.91 Å². The lowest BCUT2D eigenvalue weighted by atomic mass is 10.2. The number of piperazine rings is 1. The van der Waals surface area contributed by atoms with E-state index < -0.39 is 0 Å². The second-order valence-corrected chi connectivity index (χ2v) is 6.83. The number of nitrogens with zero attached hydrogens (tertiary/aromatic N) is 5. The van der Waals surface area contributed by atoms with Crippen molar-refractivity contribution in [3.05, 3.63) is 60.9 Å². The molecule has 1 fully saturated rings. The number of pyridine rings is 1. The zero-order valence-electron chi connectivity index (χ0n) is 15.7. The molecule has 3 aromatic heterocycles. The third-order valence-corrected chi connectivity index (χ3v) is 4.99. The molecule has 0 bridgehead atoms. The molecule has 0 unspecified atom stereocenters. The van der Waals surface area contributed by atoms with Gasteiger partial charge in [-0.15, -0.1) is 0 Å². The fourth-order valence-corrected chi connectivity index (χ4v) is 3.51. The number of hydrogen-bond acceptors (Lipinski definition) is 6. The van der Waals surface area contributed by atoms with Gasteiger partial charge >= 0.3 is 0 Å². The van der Waals surface area contributed by atoms with E-state index in [4.69, 9.17) is 0 Å². The van der Waals surface area contributed by atoms with Crippen molar-refractivity contribution in [1.82, 2.24) is 30.0 Å². The Morgan fingerprint density at radius 1 is 1.14 bits per heavy atom. The molecule has 9 nitrogen and oxygen atoms in total. The van der Waals surface area contributed by atoms with Crippen molar-refractivity contribution in [2.24, 2.45) is 0 Å². The Bertz CT molecular complexity index is 1160. The van der Waals surface area contributed by atoms with E-state index in [1.807, 2.05) is 24.3 Å². The average molecular weight is 388 g/mol. The number of fused-ring (bicyclic) bond motifs is 1. The lowest BCUT2D eigenvalue weighted by molar-refractivity contribution is 0.102. The number of nitrogens with one attached hydrogen (secondary N) is 3. The van der Waals surface area contributed by atoms with E-state index in [0.29, 0.717) is 11.4 Å². The molecular weight excluding hydrogens is 368 g/mol. The van der Waals surface area contributed by atoms with E-state index in [-0.39, 0.29) is 5.91 Å². The molecule has 4 heterocycles. The molecule has 1 amide bonds. The number of benzene rings is 1. The second kappa shape index (κ2) is 7.36. The van der Waals surface area contributed by atoms with Gasteiger partial charge in [0.2, 0.25) is 0 Å². The van der Waals surface area contributed by atoms with Crippen LogP contribution in [0.3, 0.4) is 0 Å². The molecule has 1 saturated heterocycles. The molecule has 146 valence electrons. The van der Waals surface area contributed by atoms with Crippen LogP contribution < -0.4 is 15.5 Å². The predicted octanol–water partition coefficient (Wildman–Crippen LogP) is 1.81. The van der Waals surface area contributed by atoms with Crippen molar-refractivity contribution in [2.75, 3.05) is 36.4 Å². The minimum Gasteiger partial charge on any atom is -0.367 e. The third-order valence-electron chi connectivity index (χ3n) is 4.99. The summed E-state index contributed by atoms with van der Waals surface area (Å²) in [6, 6.07) is 9.41. The van der Waals surface area contributed by atoms with E-state index in [2.05, 4.69) is 35.6 Å². The van der Waals surface area contributed by atoms with Crippen LogP contribution in [-0.4, -0.2) is 56.8 Å². The SMILES string of the molecule is O=C(Nc1cnccc1N1CCNCC1)c1ccn(-c2ccc3nc[nH]c3c2)n1. The van der Waals surface area contributed by atoms with E-state index in [1.165, 1.54) is 0 Å². The van der Waals surface area contributed by atoms with E-state index in [0.717, 1.165) is 48.6 Å². The standard InChI is InChI=1S/C20H20N8O/c29-20(25-18-12-22-5-3-19(18)27-9-6-21-7-10-27)16-4-8-28(26-16)14-1-2-15-17(11-14)24-13-23-15/h1-5,8,11-13,21H,6-7,9-10H2,(H,23,24)(H,25,29). The summed E-state index contributed by atoms with van der Waals surface area (Å²) in [7, 11) is 0. The van der Waals surface area contributed by atoms with Crippen molar-refractivity contribution in [3.8, 4) is 5.69 Å². The van der Waals surface area contributed by atoms with Crippen molar-refractivity contribution < 1.29 is 4.79 Å². The van der Waals surface area contributed by atoms with Gasteiger partial charge in [-0.2, -0.15) is 5.10 Å². The Kier molecular flexibility index (Phi) is 4.41. The summed E-state index contributed by atoms with van der Waals surface area (Å²) in [5.74, 6) is -0.268. The smallest absolute Gasteiger partial charge is 0.276 e. The van der Waals surface area contributed by atoms with Crippen LogP contribution in [0.4, 0.5) is 11.4 Å². The van der Waals surface area contributed by atoms with Crippen LogP contribution >= 0.6 is 0 Å². The summed E-state index contributed by atoms with van der Waals surface area (Å²) >= 11 is 0. The zero-order chi connectivity index (χ0) is 19.6. The summed E-state index contributed by atoms with van der Waals surface area (Å²) in [5.41, 5.74) is 4.65. The van der Waals surface area contributed by atoms with Crippen molar-refractivity contribution in [2.45, 2.75) is 0 Å². The van der Waals surface area contributed by atoms with Crippen LogP contribution in [0.5, 0.6) is 0 Å². The van der Waals surface area contributed by atoms with Crippen molar-refractivity contribution >= 4 is 28.3 Å². The summed E-state index contributed by atoms with van der Waals surface area (Å²) in [4.78, 5) is 26.5. The molecule has 9 heteroatoms. The van der Waals surface area contributed by atoms with Crippen LogP contribution in [0, 0.1) is 0 Å². The molecule has 0 atom stereocenters. The maximum Gasteiger partial charge on any atom is 0.276 e. The highest BCUT2D eigenvalue weighted by Gasteiger charge is 2.17. The molecular formula is C20H20N8O. The number of rotatable bonds is 4. The second-order valence-electron chi connectivity index (χ2n) is 6.83. The Hall–Kier alpha value is -3.72. The average Bonchev–Trinajstić information content (AvgIpc) is 3.44. The number of hydrogen-bond donors (Lipinski definition) is 3. The fourth-order valence-electron chi connectivity index (χ4n) is 3.51. The number of carbonyl (C=O) groups is 1. The molecule has 1 aliphatic rings. The Labute approximate surface area is 166 Å². The van der Waals surface area contributed by atoms with E-state index in [9.17, 15) is 4.79 Å². The number of amides is 1. The maximum atomic E-state index is 12.8. The first kappa shape index (κ1) is 17.4. The highest BCUT2D eigenvalue weighted by molar-refractivity contribution is 6.04. The van der Waals surface area contributed by atoms with Gasteiger partial charge in [0.15, 0.2) is 5.69 Å². The molecule has 0 radical (unpaired) electrons. The highest BCUT2D eigenvalue weighted by atomic mass is 16.2. The lowest BCUT2D eigenvalue weighted by Crippen LogP contribution is -2.43. The van der Waals surface area contributed by atoms with Crippen LogP contribution in [0.25, 0.3) is 16.7 Å². The molecule has 1 aromatic carbocycles. The quantitative estimate of drug-likeness (QED) is 0.493. The van der Waals surface area contributed by atoms with Crippen LogP contribution in [0.1, 0.15) is 10.5 Å². The van der Waals surface area contributed by atoms with Gasteiger partial charge in [0.1, 0.15) is 0 Å².